The third-order valence-corrected chi connectivity index (χ3v) is 1.62. The van der Waals surface area contributed by atoms with Crippen LogP contribution in [0.1, 0.15) is 5.56 Å². The molecule has 1 atom stereocenters. The molecule has 0 aromatic carbocycles. The maximum Gasteiger partial charge on any atom is 0.253 e. The smallest absolute Gasteiger partial charge is 0.253 e. The van der Waals surface area contributed by atoms with Crippen molar-refractivity contribution in [2.24, 2.45) is 5.73 Å². The standard InChI is InChI=1S/C8H9F3N2/c9-7(10)6(12)4-5-2-1-3-13-8(5)11/h1-3,6-7H,4,12H2. The Morgan fingerprint density at radius 2 is 2.15 bits per heavy atom. The number of hydrogen-bond acceptors (Lipinski definition) is 2. The van der Waals surface area contributed by atoms with Gasteiger partial charge in [0, 0.05) is 11.8 Å². The monoisotopic (exact) mass is 190 g/mol. The molecule has 1 rings (SSSR count). The second-order valence-electron chi connectivity index (χ2n) is 2.66. The fourth-order valence-corrected chi connectivity index (χ4v) is 0.915. The number of aromatic nitrogens is 1. The lowest BCUT2D eigenvalue weighted by atomic mass is 10.1. The largest absolute Gasteiger partial charge is 0.323 e. The Labute approximate surface area is 73.6 Å². The zero-order chi connectivity index (χ0) is 9.84. The molecule has 1 heterocycles. The topological polar surface area (TPSA) is 38.9 Å². The fraction of sp³-hybridized carbons (Fsp3) is 0.375. The molecule has 0 aliphatic carbocycles. The Bertz CT molecular complexity index is 278. The minimum Gasteiger partial charge on any atom is -0.323 e. The highest BCUT2D eigenvalue weighted by atomic mass is 19.3. The van der Waals surface area contributed by atoms with E-state index >= 15 is 0 Å². The van der Waals surface area contributed by atoms with Gasteiger partial charge in [0.05, 0.1) is 6.04 Å². The van der Waals surface area contributed by atoms with Crippen LogP contribution in [0.15, 0.2) is 18.3 Å². The van der Waals surface area contributed by atoms with Gasteiger partial charge in [-0.15, -0.1) is 0 Å². The molecular weight excluding hydrogens is 181 g/mol. The maximum absolute atomic E-state index is 12.8. The van der Waals surface area contributed by atoms with E-state index in [9.17, 15) is 13.2 Å². The van der Waals surface area contributed by atoms with E-state index in [1.807, 2.05) is 0 Å². The van der Waals surface area contributed by atoms with Crippen molar-refractivity contribution < 1.29 is 13.2 Å². The number of halogens is 3. The molecule has 5 heteroatoms. The van der Waals surface area contributed by atoms with Crippen molar-refractivity contribution in [3.05, 3.63) is 29.8 Å². The van der Waals surface area contributed by atoms with Crippen molar-refractivity contribution in [3.8, 4) is 0 Å². The van der Waals surface area contributed by atoms with Gasteiger partial charge in [0.1, 0.15) is 0 Å². The molecule has 0 amide bonds. The van der Waals surface area contributed by atoms with Gasteiger partial charge in [-0.05, 0) is 12.5 Å². The third kappa shape index (κ3) is 2.69. The first kappa shape index (κ1) is 9.98. The summed E-state index contributed by atoms with van der Waals surface area (Å²) in [6.45, 7) is 0. The molecule has 13 heavy (non-hydrogen) atoms. The number of rotatable bonds is 3. The van der Waals surface area contributed by atoms with Crippen molar-refractivity contribution in [3.63, 3.8) is 0 Å². The van der Waals surface area contributed by atoms with Gasteiger partial charge in [-0.25, -0.2) is 13.8 Å². The van der Waals surface area contributed by atoms with Crippen LogP contribution in [0, 0.1) is 5.95 Å². The van der Waals surface area contributed by atoms with Crippen molar-refractivity contribution in [2.45, 2.75) is 18.9 Å². The van der Waals surface area contributed by atoms with Crippen LogP contribution in [-0.4, -0.2) is 17.5 Å². The molecule has 1 aromatic rings. The number of alkyl halides is 2. The van der Waals surface area contributed by atoms with E-state index < -0.39 is 18.4 Å². The van der Waals surface area contributed by atoms with Crippen LogP contribution in [0.5, 0.6) is 0 Å². The fourth-order valence-electron chi connectivity index (χ4n) is 0.915. The SMILES string of the molecule is NC(Cc1cccnc1F)C(F)F. The van der Waals surface area contributed by atoms with Gasteiger partial charge in [-0.2, -0.15) is 4.39 Å². The summed E-state index contributed by atoms with van der Waals surface area (Å²) in [6.07, 6.45) is -1.58. The van der Waals surface area contributed by atoms with Crippen molar-refractivity contribution >= 4 is 0 Å². The lowest BCUT2D eigenvalue weighted by Crippen LogP contribution is -2.31. The maximum atomic E-state index is 12.8. The van der Waals surface area contributed by atoms with E-state index in [1.54, 1.807) is 0 Å². The quantitative estimate of drug-likeness (QED) is 0.731. The molecule has 0 aliphatic rings. The van der Waals surface area contributed by atoms with Crippen LogP contribution in [0.3, 0.4) is 0 Å². The first-order valence-electron chi connectivity index (χ1n) is 3.74. The highest BCUT2D eigenvalue weighted by Crippen LogP contribution is 2.09. The lowest BCUT2D eigenvalue weighted by Gasteiger charge is -2.09. The van der Waals surface area contributed by atoms with E-state index in [0.717, 1.165) is 0 Å². The Hall–Kier alpha value is -1.10. The third-order valence-electron chi connectivity index (χ3n) is 1.62. The number of nitrogens with two attached hydrogens (primary N) is 1. The van der Waals surface area contributed by atoms with Crippen LogP contribution in [0.25, 0.3) is 0 Å². The van der Waals surface area contributed by atoms with Crippen molar-refractivity contribution in [1.82, 2.24) is 4.98 Å². The molecular formula is C8H9F3N2. The number of nitrogens with zero attached hydrogens (tertiary/aromatic N) is 1. The van der Waals surface area contributed by atoms with Crippen molar-refractivity contribution in [1.29, 1.82) is 0 Å². The van der Waals surface area contributed by atoms with E-state index in [-0.39, 0.29) is 12.0 Å². The number of pyridine rings is 1. The summed E-state index contributed by atoms with van der Waals surface area (Å²) in [5.74, 6) is -0.737. The molecule has 1 unspecified atom stereocenters. The molecule has 2 N–H and O–H groups in total. The Morgan fingerprint density at radius 1 is 1.46 bits per heavy atom. The summed E-state index contributed by atoms with van der Waals surface area (Å²) in [5.41, 5.74) is 5.19. The summed E-state index contributed by atoms with van der Waals surface area (Å²) < 4.78 is 36.8. The van der Waals surface area contributed by atoms with Crippen molar-refractivity contribution in [2.75, 3.05) is 0 Å². The molecule has 0 saturated carbocycles. The van der Waals surface area contributed by atoms with Gasteiger partial charge in [0.2, 0.25) is 5.95 Å². The Balaban J connectivity index is 2.69. The van der Waals surface area contributed by atoms with Gasteiger partial charge >= 0.3 is 0 Å². The summed E-state index contributed by atoms with van der Waals surface area (Å²) in [5, 5.41) is 0. The minimum atomic E-state index is -2.64. The van der Waals surface area contributed by atoms with Crippen LogP contribution in [0.4, 0.5) is 13.2 Å². The summed E-state index contributed by atoms with van der Waals surface area (Å²) in [7, 11) is 0. The second-order valence-corrected chi connectivity index (χ2v) is 2.66. The van der Waals surface area contributed by atoms with E-state index in [0.29, 0.717) is 0 Å². The average molecular weight is 190 g/mol. The Morgan fingerprint density at radius 3 is 2.69 bits per heavy atom. The molecule has 0 bridgehead atoms. The Kier molecular flexibility index (Phi) is 3.25. The van der Waals surface area contributed by atoms with E-state index in [2.05, 4.69) is 4.98 Å². The summed E-state index contributed by atoms with van der Waals surface area (Å²) in [6, 6.07) is 1.54. The van der Waals surface area contributed by atoms with Crippen LogP contribution < -0.4 is 5.73 Å². The molecule has 0 radical (unpaired) electrons. The first-order valence-corrected chi connectivity index (χ1v) is 3.74. The predicted molar refractivity (Wildman–Crippen MR) is 41.9 cm³/mol. The molecule has 0 spiro atoms. The van der Waals surface area contributed by atoms with Gasteiger partial charge < -0.3 is 5.73 Å². The predicted octanol–water partition coefficient (Wildman–Crippen LogP) is 1.36. The molecule has 1 aromatic heterocycles. The van der Waals surface area contributed by atoms with Gasteiger partial charge in [-0.1, -0.05) is 6.07 Å². The minimum absolute atomic E-state index is 0.121. The van der Waals surface area contributed by atoms with Gasteiger partial charge in [0.25, 0.3) is 6.43 Å². The van der Waals surface area contributed by atoms with Crippen LogP contribution in [-0.2, 0) is 6.42 Å². The zero-order valence-corrected chi connectivity index (χ0v) is 6.75. The molecule has 0 fully saturated rings. The lowest BCUT2D eigenvalue weighted by molar-refractivity contribution is 0.115. The summed E-state index contributed by atoms with van der Waals surface area (Å²) in [4.78, 5) is 3.32. The highest BCUT2D eigenvalue weighted by molar-refractivity contribution is 5.12. The van der Waals surface area contributed by atoms with Crippen LogP contribution in [0.2, 0.25) is 0 Å². The molecule has 2 nitrogen and oxygen atoms in total. The molecule has 0 aliphatic heterocycles. The second kappa shape index (κ2) is 4.23. The zero-order valence-electron chi connectivity index (χ0n) is 6.75. The summed E-state index contributed by atoms with van der Waals surface area (Å²) >= 11 is 0. The van der Waals surface area contributed by atoms with E-state index in [4.69, 9.17) is 5.73 Å². The first-order chi connectivity index (χ1) is 6.11. The highest BCUT2D eigenvalue weighted by Gasteiger charge is 2.17. The average Bonchev–Trinajstić information content (AvgIpc) is 2.08. The number of hydrogen-bond donors (Lipinski definition) is 1. The normalized spacial score (nSPS) is 13.3. The van der Waals surface area contributed by atoms with Gasteiger partial charge in [-0.3, -0.25) is 0 Å². The molecule has 72 valence electrons. The van der Waals surface area contributed by atoms with Gasteiger partial charge in [0.15, 0.2) is 0 Å². The van der Waals surface area contributed by atoms with E-state index in [1.165, 1.54) is 18.3 Å². The molecule has 0 saturated heterocycles. The van der Waals surface area contributed by atoms with Crippen LogP contribution >= 0.6 is 0 Å².